The summed E-state index contributed by atoms with van der Waals surface area (Å²) in [6, 6.07) is 0.929. The summed E-state index contributed by atoms with van der Waals surface area (Å²) in [5.74, 6) is -0.354. The fourth-order valence-electron chi connectivity index (χ4n) is 3.73. The molecule has 2 fully saturated rings. The van der Waals surface area contributed by atoms with Gasteiger partial charge in [-0.2, -0.15) is 10.2 Å². The molecule has 0 aliphatic carbocycles. The van der Waals surface area contributed by atoms with Crippen molar-refractivity contribution in [3.05, 3.63) is 36.7 Å². The number of rotatable bonds is 6. The van der Waals surface area contributed by atoms with Crippen LogP contribution in [-0.4, -0.2) is 92.7 Å². The minimum atomic E-state index is -0.986. The number of amides is 4. The van der Waals surface area contributed by atoms with Gasteiger partial charge in [-0.25, -0.2) is 14.3 Å². The summed E-state index contributed by atoms with van der Waals surface area (Å²) in [6.45, 7) is 5.40. The fraction of sp³-hybridized carbons (Fsp3) is 0.444. The van der Waals surface area contributed by atoms with Gasteiger partial charge in [0.25, 0.3) is 5.91 Å². The molecule has 2 bridgehead atoms. The normalized spacial score (nSPS) is 23.4. The van der Waals surface area contributed by atoms with Gasteiger partial charge in [-0.3, -0.25) is 9.63 Å². The standard InChI is InChI=1S/C18H22N6O5/c1-2-7-29-24-14-8-13(10-22(11-14)17(24)26)23-6-4-15(20-23)16(25)19-12-3-5-21(9-12)18(27)28/h2,4,6,8,12,14H,1,3,5,7,9-11H2,(H,19,25)(H,27,28)/t12-,14?/m1/s1. The van der Waals surface area contributed by atoms with Gasteiger partial charge in [0.05, 0.1) is 24.9 Å². The first-order valence-electron chi connectivity index (χ1n) is 9.33. The van der Waals surface area contributed by atoms with Crippen molar-refractivity contribution in [2.75, 3.05) is 32.8 Å². The van der Waals surface area contributed by atoms with Gasteiger partial charge < -0.3 is 20.2 Å². The van der Waals surface area contributed by atoms with Gasteiger partial charge in [-0.1, -0.05) is 6.08 Å². The quantitative estimate of drug-likeness (QED) is 0.667. The van der Waals surface area contributed by atoms with E-state index >= 15 is 0 Å². The van der Waals surface area contributed by atoms with E-state index < -0.39 is 6.09 Å². The van der Waals surface area contributed by atoms with Crippen LogP contribution >= 0.6 is 0 Å². The van der Waals surface area contributed by atoms with Gasteiger partial charge in [-0.05, 0) is 18.6 Å². The number of nitrogens with one attached hydrogen (secondary N) is 1. The predicted molar refractivity (Wildman–Crippen MR) is 101 cm³/mol. The van der Waals surface area contributed by atoms with Gasteiger partial charge in [0.1, 0.15) is 0 Å². The Balaban J connectivity index is 1.41. The third-order valence-corrected chi connectivity index (χ3v) is 5.15. The van der Waals surface area contributed by atoms with E-state index in [-0.39, 0.29) is 42.9 Å². The highest BCUT2D eigenvalue weighted by molar-refractivity contribution is 5.92. The highest BCUT2D eigenvalue weighted by Gasteiger charge is 2.41. The van der Waals surface area contributed by atoms with Crippen LogP contribution in [0.4, 0.5) is 9.59 Å². The van der Waals surface area contributed by atoms with E-state index in [1.54, 1.807) is 27.9 Å². The lowest BCUT2D eigenvalue weighted by Gasteiger charge is -2.21. The number of carbonyl (C=O) groups excluding carboxylic acids is 2. The van der Waals surface area contributed by atoms with E-state index in [2.05, 4.69) is 17.0 Å². The first-order valence-corrected chi connectivity index (χ1v) is 9.33. The summed E-state index contributed by atoms with van der Waals surface area (Å²) in [5, 5.41) is 17.5. The molecular formula is C18H22N6O5. The number of nitrogens with zero attached hydrogens (tertiary/aromatic N) is 5. The zero-order valence-electron chi connectivity index (χ0n) is 15.7. The molecule has 4 heterocycles. The Morgan fingerprint density at radius 2 is 2.24 bits per heavy atom. The SMILES string of the molecule is C=CCON1C(=O)N2CC(n3ccc(C(=O)N[C@@H]4CCN(C(=O)O)C4)n3)=CC1C2. The summed E-state index contributed by atoms with van der Waals surface area (Å²) in [4.78, 5) is 44.2. The van der Waals surface area contributed by atoms with Crippen molar-refractivity contribution < 1.29 is 24.3 Å². The molecule has 154 valence electrons. The van der Waals surface area contributed by atoms with Crippen molar-refractivity contribution in [3.8, 4) is 0 Å². The number of urea groups is 1. The maximum absolute atomic E-state index is 12.5. The molecular weight excluding hydrogens is 380 g/mol. The van der Waals surface area contributed by atoms with Crippen molar-refractivity contribution in [3.63, 3.8) is 0 Å². The molecule has 2 N–H and O–H groups in total. The lowest BCUT2D eigenvalue weighted by atomic mass is 10.2. The molecule has 4 rings (SSSR count). The number of aromatic nitrogens is 2. The third kappa shape index (κ3) is 3.68. The van der Waals surface area contributed by atoms with Crippen LogP contribution in [0.15, 0.2) is 31.0 Å². The molecule has 4 amide bonds. The molecule has 0 aromatic carbocycles. The molecule has 29 heavy (non-hydrogen) atoms. The van der Waals surface area contributed by atoms with Crippen molar-refractivity contribution in [1.29, 1.82) is 0 Å². The largest absolute Gasteiger partial charge is 0.465 e. The summed E-state index contributed by atoms with van der Waals surface area (Å²) in [5.41, 5.74) is 1.01. The molecule has 0 saturated carbocycles. The van der Waals surface area contributed by atoms with Crippen LogP contribution in [0.3, 0.4) is 0 Å². The van der Waals surface area contributed by atoms with Crippen LogP contribution in [0.1, 0.15) is 16.9 Å². The minimum Gasteiger partial charge on any atom is -0.465 e. The highest BCUT2D eigenvalue weighted by atomic mass is 16.7. The number of hydrogen-bond acceptors (Lipinski definition) is 5. The average molecular weight is 402 g/mol. The Kier molecular flexibility index (Phi) is 4.97. The topological polar surface area (TPSA) is 120 Å². The van der Waals surface area contributed by atoms with Gasteiger partial charge in [0, 0.05) is 31.9 Å². The molecule has 1 aromatic heterocycles. The zero-order valence-corrected chi connectivity index (χ0v) is 15.7. The van der Waals surface area contributed by atoms with Gasteiger partial charge >= 0.3 is 12.1 Å². The van der Waals surface area contributed by atoms with Crippen LogP contribution in [0.5, 0.6) is 0 Å². The van der Waals surface area contributed by atoms with E-state index in [9.17, 15) is 14.4 Å². The molecule has 0 radical (unpaired) electrons. The van der Waals surface area contributed by atoms with Crippen LogP contribution in [-0.2, 0) is 4.84 Å². The number of likely N-dealkylation sites (tertiary alicyclic amines) is 1. The van der Waals surface area contributed by atoms with Gasteiger partial charge in [0.15, 0.2) is 5.69 Å². The summed E-state index contributed by atoms with van der Waals surface area (Å²) >= 11 is 0. The lowest BCUT2D eigenvalue weighted by molar-refractivity contribution is -0.107. The molecule has 11 nitrogen and oxygen atoms in total. The molecule has 2 atom stereocenters. The van der Waals surface area contributed by atoms with E-state index in [4.69, 9.17) is 9.94 Å². The molecule has 3 aliphatic rings. The minimum absolute atomic E-state index is 0.211. The first-order chi connectivity index (χ1) is 14.0. The zero-order chi connectivity index (χ0) is 20.5. The number of hydrogen-bond donors (Lipinski definition) is 2. The lowest BCUT2D eigenvalue weighted by Crippen LogP contribution is -2.38. The summed E-state index contributed by atoms with van der Waals surface area (Å²) in [6.07, 6.45) is 4.74. The Labute approximate surface area is 166 Å². The second-order valence-corrected chi connectivity index (χ2v) is 7.13. The molecule has 3 aliphatic heterocycles. The third-order valence-electron chi connectivity index (χ3n) is 5.15. The first kappa shape index (κ1) is 19.0. The molecule has 1 unspecified atom stereocenters. The van der Waals surface area contributed by atoms with Crippen LogP contribution in [0, 0.1) is 0 Å². The van der Waals surface area contributed by atoms with E-state index in [0.29, 0.717) is 26.1 Å². The van der Waals surface area contributed by atoms with Gasteiger partial charge in [-0.15, -0.1) is 6.58 Å². The number of hydroxylamine groups is 2. The van der Waals surface area contributed by atoms with Crippen molar-refractivity contribution in [1.82, 2.24) is 30.0 Å². The van der Waals surface area contributed by atoms with E-state index in [0.717, 1.165) is 5.70 Å². The van der Waals surface area contributed by atoms with Crippen LogP contribution < -0.4 is 5.32 Å². The predicted octanol–water partition coefficient (Wildman–Crippen LogP) is 0.444. The molecule has 1 aromatic rings. The maximum atomic E-state index is 12.5. The Morgan fingerprint density at radius 3 is 2.97 bits per heavy atom. The number of fused-ring (bicyclic) bond motifs is 2. The van der Waals surface area contributed by atoms with Crippen molar-refractivity contribution in [2.45, 2.75) is 18.5 Å². The van der Waals surface area contributed by atoms with Crippen LogP contribution in [0.25, 0.3) is 5.70 Å². The molecule has 2 saturated heterocycles. The Morgan fingerprint density at radius 1 is 1.41 bits per heavy atom. The number of carboxylic acid groups (broad SMARTS) is 1. The smallest absolute Gasteiger partial charge is 0.407 e. The Hall–Kier alpha value is -3.34. The second kappa shape index (κ2) is 7.59. The highest BCUT2D eigenvalue weighted by Crippen LogP contribution is 2.26. The van der Waals surface area contributed by atoms with E-state index in [1.807, 2.05) is 6.08 Å². The summed E-state index contributed by atoms with van der Waals surface area (Å²) in [7, 11) is 0. The molecule has 11 heteroatoms. The average Bonchev–Trinajstić information content (AvgIpc) is 3.41. The second-order valence-electron chi connectivity index (χ2n) is 7.13. The summed E-state index contributed by atoms with van der Waals surface area (Å²) < 4.78 is 1.58. The van der Waals surface area contributed by atoms with Gasteiger partial charge in [0.2, 0.25) is 0 Å². The fourth-order valence-corrected chi connectivity index (χ4v) is 3.73. The van der Waals surface area contributed by atoms with E-state index in [1.165, 1.54) is 9.96 Å². The maximum Gasteiger partial charge on any atom is 0.407 e. The monoisotopic (exact) mass is 402 g/mol. The van der Waals surface area contributed by atoms with Crippen molar-refractivity contribution >= 4 is 23.7 Å². The Bertz CT molecular complexity index is 880. The molecule has 0 spiro atoms. The van der Waals surface area contributed by atoms with Crippen molar-refractivity contribution in [2.24, 2.45) is 0 Å². The van der Waals surface area contributed by atoms with Crippen LogP contribution in [0.2, 0.25) is 0 Å². The number of carbonyl (C=O) groups is 3.